The average molecular weight is 366 g/mol. The molecule has 154 valence electrons. The van der Waals surface area contributed by atoms with E-state index in [0.717, 1.165) is 24.6 Å². The lowest BCUT2D eigenvalue weighted by atomic mass is 9.89. The van der Waals surface area contributed by atoms with E-state index in [1.807, 2.05) is 27.7 Å². The third-order valence-corrected chi connectivity index (χ3v) is 4.19. The van der Waals surface area contributed by atoms with Gasteiger partial charge in [0.15, 0.2) is 0 Å². The van der Waals surface area contributed by atoms with Crippen molar-refractivity contribution in [3.8, 4) is 5.75 Å². The number of ether oxygens (including phenoxy) is 1. The third-order valence-electron chi connectivity index (χ3n) is 4.19. The standard InChI is InChI=1S/C14H21NO.C6H14.2C2H6/c1-10(2)9-13-11-5-4-6-14(16-3)12(11)7-8-15-13;1-3-5-6-4-2;2*1-2/h4-6,10,13,15H,7-9H2,1-3H3;3-6H2,1-2H3;2*1-2H3. The lowest BCUT2D eigenvalue weighted by molar-refractivity contribution is 0.385. The van der Waals surface area contributed by atoms with Crippen LogP contribution in [0, 0.1) is 5.92 Å². The van der Waals surface area contributed by atoms with Crippen LogP contribution in [0.5, 0.6) is 5.75 Å². The van der Waals surface area contributed by atoms with E-state index >= 15 is 0 Å². The monoisotopic (exact) mass is 365 g/mol. The smallest absolute Gasteiger partial charge is 0.122 e. The zero-order valence-corrected chi connectivity index (χ0v) is 19.2. The molecule has 0 amide bonds. The first-order chi connectivity index (χ1) is 12.6. The second-order valence-corrected chi connectivity index (χ2v) is 6.62. The van der Waals surface area contributed by atoms with E-state index in [2.05, 4.69) is 51.2 Å². The Kier molecular flexibility index (Phi) is 19.6. The van der Waals surface area contributed by atoms with Crippen LogP contribution in [0.2, 0.25) is 0 Å². The van der Waals surface area contributed by atoms with Gasteiger partial charge in [-0.3, -0.25) is 0 Å². The lowest BCUT2D eigenvalue weighted by Crippen LogP contribution is -2.31. The maximum absolute atomic E-state index is 5.44. The summed E-state index contributed by atoms with van der Waals surface area (Å²) in [4.78, 5) is 0. The van der Waals surface area contributed by atoms with Crippen LogP contribution < -0.4 is 10.1 Å². The fourth-order valence-electron chi connectivity index (χ4n) is 3.03. The molecule has 2 rings (SSSR count). The van der Waals surface area contributed by atoms with Gasteiger partial charge in [0, 0.05) is 11.6 Å². The number of rotatable bonds is 6. The molecule has 1 aliphatic heterocycles. The molecule has 0 radical (unpaired) electrons. The number of hydrogen-bond donors (Lipinski definition) is 1. The Morgan fingerprint density at radius 3 is 2.08 bits per heavy atom. The first-order valence-corrected chi connectivity index (χ1v) is 11.0. The Labute approximate surface area is 165 Å². The van der Waals surface area contributed by atoms with Crippen molar-refractivity contribution >= 4 is 0 Å². The number of nitrogens with one attached hydrogen (secondary N) is 1. The van der Waals surface area contributed by atoms with Crippen molar-refractivity contribution in [1.29, 1.82) is 0 Å². The zero-order valence-electron chi connectivity index (χ0n) is 19.2. The van der Waals surface area contributed by atoms with Crippen LogP contribution in [-0.2, 0) is 6.42 Å². The van der Waals surface area contributed by atoms with E-state index in [1.54, 1.807) is 7.11 Å². The van der Waals surface area contributed by atoms with Crippen LogP contribution in [0.1, 0.15) is 105 Å². The molecule has 1 atom stereocenters. The number of hydrogen-bond acceptors (Lipinski definition) is 2. The maximum atomic E-state index is 5.44. The highest BCUT2D eigenvalue weighted by Crippen LogP contribution is 2.33. The SMILES string of the molecule is CC.CC.CCCCCC.COc1cccc2c1CCNC2CC(C)C. The highest BCUT2D eigenvalue weighted by Gasteiger charge is 2.22. The summed E-state index contributed by atoms with van der Waals surface area (Å²) in [5, 5.41) is 3.60. The molecule has 26 heavy (non-hydrogen) atoms. The van der Waals surface area contributed by atoms with Crippen molar-refractivity contribution in [3.63, 3.8) is 0 Å². The van der Waals surface area contributed by atoms with Gasteiger partial charge in [0.2, 0.25) is 0 Å². The van der Waals surface area contributed by atoms with Gasteiger partial charge in [-0.2, -0.15) is 0 Å². The first-order valence-electron chi connectivity index (χ1n) is 11.0. The predicted octanol–water partition coefficient (Wildman–Crippen LogP) is 7.57. The summed E-state index contributed by atoms with van der Waals surface area (Å²) in [5.74, 6) is 1.77. The summed E-state index contributed by atoms with van der Waals surface area (Å²) < 4.78 is 5.44. The van der Waals surface area contributed by atoms with Crippen molar-refractivity contribution in [1.82, 2.24) is 5.32 Å². The van der Waals surface area contributed by atoms with Crippen molar-refractivity contribution in [3.05, 3.63) is 29.3 Å². The van der Waals surface area contributed by atoms with Gasteiger partial charge in [-0.25, -0.2) is 0 Å². The number of benzene rings is 1. The minimum Gasteiger partial charge on any atom is -0.496 e. The predicted molar refractivity (Wildman–Crippen MR) is 119 cm³/mol. The molecule has 1 unspecified atom stereocenters. The van der Waals surface area contributed by atoms with Gasteiger partial charge < -0.3 is 10.1 Å². The Morgan fingerprint density at radius 1 is 1.04 bits per heavy atom. The highest BCUT2D eigenvalue weighted by atomic mass is 16.5. The Balaban J connectivity index is 0. The molecule has 2 heteroatoms. The van der Waals surface area contributed by atoms with Crippen LogP contribution in [0.25, 0.3) is 0 Å². The molecule has 1 N–H and O–H groups in total. The summed E-state index contributed by atoms with van der Waals surface area (Å²) in [6, 6.07) is 6.89. The van der Waals surface area contributed by atoms with Gasteiger partial charge in [0.25, 0.3) is 0 Å². The van der Waals surface area contributed by atoms with Crippen molar-refractivity contribution in [2.24, 2.45) is 5.92 Å². The van der Waals surface area contributed by atoms with Crippen LogP contribution in [0.15, 0.2) is 18.2 Å². The molecule has 0 bridgehead atoms. The molecule has 0 saturated carbocycles. The van der Waals surface area contributed by atoms with Gasteiger partial charge in [-0.15, -0.1) is 0 Å². The molecule has 0 saturated heterocycles. The molecule has 0 aliphatic carbocycles. The third kappa shape index (κ3) is 10.9. The molecule has 1 aromatic carbocycles. The average Bonchev–Trinajstić information content (AvgIpc) is 2.69. The zero-order chi connectivity index (χ0) is 20.4. The largest absolute Gasteiger partial charge is 0.496 e. The number of unbranched alkanes of at least 4 members (excludes halogenated alkanes) is 3. The van der Waals surface area contributed by atoms with E-state index in [-0.39, 0.29) is 0 Å². The molecule has 0 aromatic heterocycles. The molecular formula is C24H47NO. The van der Waals surface area contributed by atoms with Gasteiger partial charge in [0.05, 0.1) is 7.11 Å². The second-order valence-electron chi connectivity index (χ2n) is 6.62. The van der Waals surface area contributed by atoms with E-state index in [1.165, 1.54) is 43.2 Å². The maximum Gasteiger partial charge on any atom is 0.122 e. The molecule has 2 nitrogen and oxygen atoms in total. The summed E-state index contributed by atoms with van der Waals surface area (Å²) in [5.41, 5.74) is 2.83. The van der Waals surface area contributed by atoms with Gasteiger partial charge in [-0.1, -0.05) is 93.2 Å². The van der Waals surface area contributed by atoms with Gasteiger partial charge in [-0.05, 0) is 36.9 Å². The molecule has 1 aromatic rings. The summed E-state index contributed by atoms with van der Waals surface area (Å²) >= 11 is 0. The fourth-order valence-corrected chi connectivity index (χ4v) is 3.03. The van der Waals surface area contributed by atoms with Crippen molar-refractivity contribution < 1.29 is 4.74 Å². The summed E-state index contributed by atoms with van der Waals surface area (Å²) in [7, 11) is 1.76. The Bertz CT molecular complexity index is 411. The van der Waals surface area contributed by atoms with Crippen molar-refractivity contribution in [2.75, 3.05) is 13.7 Å². The number of fused-ring (bicyclic) bond motifs is 1. The van der Waals surface area contributed by atoms with E-state index in [9.17, 15) is 0 Å². The van der Waals surface area contributed by atoms with Gasteiger partial charge in [0.1, 0.15) is 5.75 Å². The normalized spacial score (nSPS) is 14.6. The van der Waals surface area contributed by atoms with E-state index in [0.29, 0.717) is 6.04 Å². The van der Waals surface area contributed by atoms with Crippen molar-refractivity contribution in [2.45, 2.75) is 100.0 Å². The summed E-state index contributed by atoms with van der Waals surface area (Å²) in [6.07, 6.45) is 7.81. The molecular weight excluding hydrogens is 318 g/mol. The summed E-state index contributed by atoms with van der Waals surface area (Å²) in [6.45, 7) is 18.1. The van der Waals surface area contributed by atoms with Gasteiger partial charge >= 0.3 is 0 Å². The van der Waals surface area contributed by atoms with Crippen LogP contribution in [0.4, 0.5) is 0 Å². The second kappa shape index (κ2) is 18.8. The topological polar surface area (TPSA) is 21.3 Å². The van der Waals surface area contributed by atoms with Crippen LogP contribution in [-0.4, -0.2) is 13.7 Å². The molecule has 1 aliphatic rings. The van der Waals surface area contributed by atoms with Crippen LogP contribution >= 0.6 is 0 Å². The number of methoxy groups -OCH3 is 1. The van der Waals surface area contributed by atoms with E-state index < -0.39 is 0 Å². The fraction of sp³-hybridized carbons (Fsp3) is 0.750. The van der Waals surface area contributed by atoms with E-state index in [4.69, 9.17) is 4.74 Å². The Hall–Kier alpha value is -1.02. The van der Waals surface area contributed by atoms with Crippen LogP contribution in [0.3, 0.4) is 0 Å². The highest BCUT2D eigenvalue weighted by molar-refractivity contribution is 5.43. The first kappa shape index (κ1) is 27.2. The quantitative estimate of drug-likeness (QED) is 0.525. The minimum atomic E-state index is 0.499. The molecule has 1 heterocycles. The molecule has 0 fully saturated rings. The minimum absolute atomic E-state index is 0.499. The molecule has 0 spiro atoms. The lowest BCUT2D eigenvalue weighted by Gasteiger charge is -2.29. The Morgan fingerprint density at radius 2 is 1.62 bits per heavy atom.